The lowest BCUT2D eigenvalue weighted by Crippen LogP contribution is -2.54. The second-order valence-electron chi connectivity index (χ2n) is 8.39. The molecule has 2 aliphatic heterocycles. The number of carbonyl (C=O) groups excluding carboxylic acids is 2. The van der Waals surface area contributed by atoms with Crippen molar-refractivity contribution in [3.63, 3.8) is 0 Å². The molecule has 0 unspecified atom stereocenters. The molecule has 2 aliphatic rings. The van der Waals surface area contributed by atoms with E-state index in [1.165, 1.54) is 0 Å². The van der Waals surface area contributed by atoms with Gasteiger partial charge in [0.2, 0.25) is 0 Å². The number of nitrogens with zero attached hydrogens (tertiary/aromatic N) is 1. The number of esters is 1. The first-order chi connectivity index (χ1) is 12.4. The maximum atomic E-state index is 12.5. The van der Waals surface area contributed by atoms with Gasteiger partial charge in [0.05, 0.1) is 17.0 Å². The lowest BCUT2D eigenvalue weighted by atomic mass is 9.60. The second kappa shape index (κ2) is 6.59. The molecule has 0 saturated carbocycles. The van der Waals surface area contributed by atoms with Crippen molar-refractivity contribution < 1.29 is 19.1 Å². The van der Waals surface area contributed by atoms with Crippen molar-refractivity contribution >= 4 is 27.8 Å². The fourth-order valence-corrected chi connectivity index (χ4v) is 3.78. The van der Waals surface area contributed by atoms with Crippen molar-refractivity contribution in [1.29, 1.82) is 0 Å². The first-order valence-corrected chi connectivity index (χ1v) is 9.08. The van der Waals surface area contributed by atoms with E-state index in [0.717, 1.165) is 11.1 Å². The van der Waals surface area contributed by atoms with Gasteiger partial charge in [-0.2, -0.15) is 0 Å². The van der Waals surface area contributed by atoms with Gasteiger partial charge in [-0.05, 0) is 57.4 Å². The summed E-state index contributed by atoms with van der Waals surface area (Å²) in [5.41, 5.74) is 2.04. The zero-order valence-corrected chi connectivity index (χ0v) is 16.5. The number of hydrogen-bond acceptors (Lipinski definition) is 5. The molecule has 1 aromatic carbocycles. The summed E-state index contributed by atoms with van der Waals surface area (Å²) in [7, 11) is 12.0. The summed E-state index contributed by atoms with van der Waals surface area (Å²) in [4.78, 5) is 26.2. The van der Waals surface area contributed by atoms with E-state index in [2.05, 4.69) is 5.32 Å². The minimum absolute atomic E-state index is 0.0716. The first-order valence-electron chi connectivity index (χ1n) is 9.08. The third-order valence-electron chi connectivity index (χ3n) is 4.79. The third kappa shape index (κ3) is 3.86. The average molecular weight is 366 g/mol. The summed E-state index contributed by atoms with van der Waals surface area (Å²) in [5.74, 6) is -0.523. The molecule has 4 radical (unpaired) electrons. The van der Waals surface area contributed by atoms with E-state index in [1.807, 2.05) is 40.7 Å². The summed E-state index contributed by atoms with van der Waals surface area (Å²) in [6.45, 7) is 10.4. The molecule has 0 bridgehead atoms. The van der Waals surface area contributed by atoms with E-state index in [4.69, 9.17) is 25.2 Å². The summed E-state index contributed by atoms with van der Waals surface area (Å²) >= 11 is 0. The summed E-state index contributed by atoms with van der Waals surface area (Å²) in [5, 5.41) is 1.85. The van der Waals surface area contributed by atoms with Gasteiger partial charge in [-0.15, -0.1) is 0 Å². The van der Waals surface area contributed by atoms with Gasteiger partial charge in [0, 0.05) is 19.1 Å². The topological polar surface area (TPSA) is 67.9 Å². The number of piperazine rings is 1. The van der Waals surface area contributed by atoms with Crippen LogP contribution in [0.3, 0.4) is 0 Å². The van der Waals surface area contributed by atoms with Crippen LogP contribution < -0.4 is 5.32 Å². The number of nitrogens with one attached hydrogen (secondary N) is 1. The van der Waals surface area contributed by atoms with Crippen molar-refractivity contribution in [3.8, 4) is 0 Å². The van der Waals surface area contributed by atoms with Crippen LogP contribution in [0.5, 0.6) is 0 Å². The van der Waals surface area contributed by atoms with Crippen molar-refractivity contribution in [2.45, 2.75) is 57.7 Å². The van der Waals surface area contributed by atoms with E-state index in [9.17, 15) is 9.59 Å². The van der Waals surface area contributed by atoms with Gasteiger partial charge >= 0.3 is 12.1 Å². The number of benzene rings is 1. The van der Waals surface area contributed by atoms with Crippen LogP contribution in [0.25, 0.3) is 0 Å². The summed E-state index contributed by atoms with van der Waals surface area (Å²) < 4.78 is 10.6. The predicted octanol–water partition coefficient (Wildman–Crippen LogP) is 1.88. The zero-order chi connectivity index (χ0) is 20.1. The number of hydrogen-bond donors (Lipinski definition) is 1. The molecular formula is C19H24B2N2O4. The number of fused-ring (bicyclic) bond motifs is 1. The smallest absolute Gasteiger partial charge is 0.410 e. The van der Waals surface area contributed by atoms with Crippen LogP contribution in [-0.2, 0) is 14.9 Å². The Morgan fingerprint density at radius 2 is 2.00 bits per heavy atom. The largest absolute Gasteiger partial charge is 0.471 e. The van der Waals surface area contributed by atoms with Gasteiger partial charge in [0.15, 0.2) is 0 Å². The number of ether oxygens (including phenoxy) is 2. The highest BCUT2D eigenvalue weighted by atomic mass is 16.6. The molecule has 1 N–H and O–H groups in total. The Labute approximate surface area is 162 Å². The standard InChI is InChI=1S/C19H24B2N2O4/c1-10-8-23(17(25)27-18(3,4)5)9-14(22-10)12-6-7-13-15(11(12)2)19(20,21)26-16(13)24/h6-7,10,14,22H,8-9H2,1-5H3/t10-,14-/m0/s1. The lowest BCUT2D eigenvalue weighted by Gasteiger charge is -2.39. The molecule has 6 nitrogen and oxygen atoms in total. The minimum Gasteiger partial charge on any atom is -0.471 e. The fourth-order valence-electron chi connectivity index (χ4n) is 3.78. The van der Waals surface area contributed by atoms with Crippen LogP contribution in [0.2, 0.25) is 0 Å². The molecule has 8 heteroatoms. The molecule has 1 fully saturated rings. The Morgan fingerprint density at radius 1 is 1.33 bits per heavy atom. The maximum absolute atomic E-state index is 12.5. The van der Waals surface area contributed by atoms with Crippen LogP contribution in [0.4, 0.5) is 4.79 Å². The number of rotatable bonds is 1. The summed E-state index contributed by atoms with van der Waals surface area (Å²) in [6, 6.07) is 3.47. The van der Waals surface area contributed by atoms with Gasteiger partial charge < -0.3 is 19.7 Å². The van der Waals surface area contributed by atoms with Gasteiger partial charge in [0.25, 0.3) is 0 Å². The highest BCUT2D eigenvalue weighted by Gasteiger charge is 2.40. The van der Waals surface area contributed by atoms with Gasteiger partial charge in [-0.25, -0.2) is 9.59 Å². The van der Waals surface area contributed by atoms with E-state index in [0.29, 0.717) is 24.2 Å². The lowest BCUT2D eigenvalue weighted by molar-refractivity contribution is 0.0158. The molecule has 2 heterocycles. The molecule has 27 heavy (non-hydrogen) atoms. The SMILES string of the molecule is [B]C1([B])OC(=O)c2ccc([C@@H]3CN(C(=O)OC(C)(C)C)C[C@H](C)N3)c(C)c21. The predicted molar refractivity (Wildman–Crippen MR) is 103 cm³/mol. The van der Waals surface area contributed by atoms with Crippen molar-refractivity contribution in [2.24, 2.45) is 0 Å². The molecule has 0 spiro atoms. The molecule has 1 saturated heterocycles. The number of cyclic esters (lactones) is 1. The molecular weight excluding hydrogens is 342 g/mol. The molecule has 0 aromatic heterocycles. The Balaban J connectivity index is 1.90. The minimum atomic E-state index is -1.64. The van der Waals surface area contributed by atoms with Crippen molar-refractivity contribution in [2.75, 3.05) is 13.1 Å². The van der Waals surface area contributed by atoms with Gasteiger partial charge in [-0.1, -0.05) is 6.07 Å². The number of amides is 1. The molecule has 0 aliphatic carbocycles. The van der Waals surface area contributed by atoms with E-state index in [-0.39, 0.29) is 18.2 Å². The molecule has 140 valence electrons. The van der Waals surface area contributed by atoms with Gasteiger partial charge in [-0.3, -0.25) is 0 Å². The van der Waals surface area contributed by atoms with E-state index >= 15 is 0 Å². The Morgan fingerprint density at radius 3 is 2.63 bits per heavy atom. The highest BCUT2D eigenvalue weighted by Crippen LogP contribution is 2.37. The molecule has 3 rings (SSSR count). The van der Waals surface area contributed by atoms with E-state index < -0.39 is 17.0 Å². The maximum Gasteiger partial charge on any atom is 0.410 e. The average Bonchev–Trinajstić information content (AvgIpc) is 2.75. The Bertz CT molecular complexity index is 789. The first kappa shape index (κ1) is 19.8. The highest BCUT2D eigenvalue weighted by molar-refractivity contribution is 6.41. The quantitative estimate of drug-likeness (QED) is 0.608. The van der Waals surface area contributed by atoms with E-state index in [1.54, 1.807) is 11.0 Å². The normalized spacial score (nSPS) is 24.3. The second-order valence-corrected chi connectivity index (χ2v) is 8.39. The monoisotopic (exact) mass is 366 g/mol. The third-order valence-corrected chi connectivity index (χ3v) is 4.79. The molecule has 1 amide bonds. The Kier molecular flexibility index (Phi) is 4.83. The van der Waals surface area contributed by atoms with Crippen molar-refractivity contribution in [1.82, 2.24) is 10.2 Å². The zero-order valence-electron chi connectivity index (χ0n) is 16.5. The van der Waals surface area contributed by atoms with Gasteiger partial charge in [0.1, 0.15) is 21.3 Å². The van der Waals surface area contributed by atoms with Crippen LogP contribution in [0.1, 0.15) is 60.8 Å². The van der Waals surface area contributed by atoms with Crippen LogP contribution in [0, 0.1) is 6.92 Å². The number of carbonyl (C=O) groups is 2. The fraction of sp³-hybridized carbons (Fsp3) is 0.579. The van der Waals surface area contributed by atoms with Crippen molar-refractivity contribution in [3.05, 3.63) is 34.4 Å². The van der Waals surface area contributed by atoms with Crippen LogP contribution in [0.15, 0.2) is 12.1 Å². The van der Waals surface area contributed by atoms with Crippen LogP contribution >= 0.6 is 0 Å². The molecule has 2 atom stereocenters. The van der Waals surface area contributed by atoms with Crippen LogP contribution in [-0.4, -0.2) is 57.4 Å². The summed E-state index contributed by atoms with van der Waals surface area (Å²) in [6.07, 6.45) is -0.342. The molecule has 1 aromatic rings. The Hall–Kier alpha value is -1.95.